The number of halogens is 1. The number of para-hydroxylation sites is 1. The predicted molar refractivity (Wildman–Crippen MR) is 97.8 cm³/mol. The molecule has 0 radical (unpaired) electrons. The van der Waals surface area contributed by atoms with Crippen LogP contribution in [0.3, 0.4) is 0 Å². The van der Waals surface area contributed by atoms with E-state index in [-0.39, 0.29) is 10.4 Å². The summed E-state index contributed by atoms with van der Waals surface area (Å²) in [4.78, 5) is 28.7. The molecule has 1 amide bonds. The molecule has 1 aromatic heterocycles. The number of benzene rings is 2. The molecule has 2 aromatic carbocycles. The Kier molecular flexibility index (Phi) is 4.99. The Labute approximate surface area is 153 Å². The van der Waals surface area contributed by atoms with Gasteiger partial charge in [0, 0.05) is 5.56 Å². The van der Waals surface area contributed by atoms with Crippen LogP contribution >= 0.6 is 11.3 Å². The number of carbonyl (C=O) groups excluding carboxylic acids is 1. The summed E-state index contributed by atoms with van der Waals surface area (Å²) in [6.07, 6.45) is 0.344. The van der Waals surface area contributed by atoms with E-state index in [1.54, 1.807) is 24.5 Å². The zero-order valence-corrected chi connectivity index (χ0v) is 15.1. The van der Waals surface area contributed by atoms with Gasteiger partial charge in [-0.3, -0.25) is 4.79 Å². The fourth-order valence-corrected chi connectivity index (χ4v) is 3.88. The van der Waals surface area contributed by atoms with E-state index in [1.807, 2.05) is 18.2 Å². The first-order chi connectivity index (χ1) is 12.4. The van der Waals surface area contributed by atoms with Gasteiger partial charge in [0.05, 0.1) is 10.2 Å². The highest BCUT2D eigenvalue weighted by Gasteiger charge is 2.22. The highest BCUT2D eigenvalue weighted by Crippen LogP contribution is 2.22. The minimum atomic E-state index is -0.994. The van der Waals surface area contributed by atoms with Gasteiger partial charge >= 0.3 is 5.97 Å². The predicted octanol–water partition coefficient (Wildman–Crippen LogP) is 3.93. The zero-order valence-electron chi connectivity index (χ0n) is 14.3. The number of aromatic nitrogens is 1. The molecule has 3 aromatic rings. The third-order valence-corrected chi connectivity index (χ3v) is 5.18. The summed E-state index contributed by atoms with van der Waals surface area (Å²) in [6, 6.07) is 10.4. The van der Waals surface area contributed by atoms with Gasteiger partial charge in [0.1, 0.15) is 11.9 Å². The fourth-order valence-electron chi connectivity index (χ4n) is 2.81. The summed E-state index contributed by atoms with van der Waals surface area (Å²) in [7, 11) is 0. The van der Waals surface area contributed by atoms with Crippen LogP contribution < -0.4 is 4.80 Å². The van der Waals surface area contributed by atoms with Crippen molar-refractivity contribution in [3.63, 3.8) is 0 Å². The molecule has 0 aliphatic heterocycles. The molecule has 134 valence electrons. The summed E-state index contributed by atoms with van der Waals surface area (Å²) in [5.74, 6) is -2.11. The lowest BCUT2D eigenvalue weighted by atomic mass is 10.1. The summed E-state index contributed by atoms with van der Waals surface area (Å²) in [5, 5.41) is 9.57. The number of amides is 1. The Morgan fingerprint density at radius 1 is 1.27 bits per heavy atom. The lowest BCUT2D eigenvalue weighted by Crippen LogP contribution is -2.27. The summed E-state index contributed by atoms with van der Waals surface area (Å²) in [5.41, 5.74) is 1.48. The molecule has 0 aliphatic rings. The van der Waals surface area contributed by atoms with Crippen LogP contribution in [0, 0.1) is 12.7 Å². The molecular formula is C19H17FN2O3S. The molecule has 0 saturated carbocycles. The quantitative estimate of drug-likeness (QED) is 0.754. The van der Waals surface area contributed by atoms with Crippen LogP contribution in [0.15, 0.2) is 47.5 Å². The molecule has 0 fully saturated rings. The van der Waals surface area contributed by atoms with Crippen molar-refractivity contribution >= 4 is 33.4 Å². The van der Waals surface area contributed by atoms with Gasteiger partial charge in [-0.05, 0) is 43.2 Å². The van der Waals surface area contributed by atoms with Crippen LogP contribution in [0.4, 0.5) is 4.39 Å². The topological polar surface area (TPSA) is 71.7 Å². The van der Waals surface area contributed by atoms with Crippen molar-refractivity contribution in [2.45, 2.75) is 26.3 Å². The van der Waals surface area contributed by atoms with Crippen LogP contribution in [0.25, 0.3) is 10.2 Å². The number of hydrogen-bond donors (Lipinski definition) is 1. The van der Waals surface area contributed by atoms with Crippen LogP contribution in [0.5, 0.6) is 0 Å². The van der Waals surface area contributed by atoms with E-state index in [0.717, 1.165) is 10.8 Å². The van der Waals surface area contributed by atoms with E-state index in [0.29, 0.717) is 17.5 Å². The molecule has 1 atom stereocenters. The number of aliphatic carboxylic acids is 1. The molecule has 3 rings (SSSR count). The third kappa shape index (κ3) is 3.30. The standard InChI is InChI=1S/C19H17FN2O3S/c1-3-14(18(24)25)22-15-6-4-5-7-16(15)26-19(22)21-17(23)13-10-12(20)9-8-11(13)2/h4-10,14H,3H2,1-2H3,(H,24,25). The minimum absolute atomic E-state index is 0.164. The van der Waals surface area contributed by atoms with E-state index in [2.05, 4.69) is 4.99 Å². The van der Waals surface area contributed by atoms with E-state index in [1.165, 1.54) is 23.5 Å². The molecule has 7 heteroatoms. The summed E-state index contributed by atoms with van der Waals surface area (Å²) >= 11 is 1.24. The van der Waals surface area contributed by atoms with Crippen molar-refractivity contribution < 1.29 is 19.1 Å². The molecular weight excluding hydrogens is 355 g/mol. The monoisotopic (exact) mass is 372 g/mol. The third-order valence-electron chi connectivity index (χ3n) is 4.14. The van der Waals surface area contributed by atoms with Crippen molar-refractivity contribution in [3.05, 3.63) is 64.2 Å². The lowest BCUT2D eigenvalue weighted by Gasteiger charge is -2.13. The normalized spacial score (nSPS) is 13.1. The van der Waals surface area contributed by atoms with Crippen LogP contribution in [-0.4, -0.2) is 21.6 Å². The van der Waals surface area contributed by atoms with Gasteiger partial charge in [-0.2, -0.15) is 4.99 Å². The van der Waals surface area contributed by atoms with Gasteiger partial charge in [0.15, 0.2) is 4.80 Å². The second kappa shape index (κ2) is 7.21. The smallest absolute Gasteiger partial charge is 0.326 e. The highest BCUT2D eigenvalue weighted by molar-refractivity contribution is 7.16. The average molecular weight is 372 g/mol. The molecule has 26 heavy (non-hydrogen) atoms. The number of nitrogens with zero attached hydrogens (tertiary/aromatic N) is 2. The first-order valence-corrected chi connectivity index (χ1v) is 8.92. The maximum Gasteiger partial charge on any atom is 0.326 e. The first kappa shape index (κ1) is 18.0. The Hall–Kier alpha value is -2.80. The maximum absolute atomic E-state index is 13.5. The number of aryl methyl sites for hydroxylation is 1. The van der Waals surface area contributed by atoms with E-state index < -0.39 is 23.7 Å². The number of fused-ring (bicyclic) bond motifs is 1. The van der Waals surface area contributed by atoms with Crippen molar-refractivity contribution in [2.75, 3.05) is 0 Å². The number of carboxylic acids is 1. The molecule has 1 heterocycles. The lowest BCUT2D eigenvalue weighted by molar-refractivity contribution is -0.140. The maximum atomic E-state index is 13.5. The number of carbonyl (C=O) groups is 2. The SMILES string of the molecule is CCC(C(=O)O)n1c(=NC(=O)c2cc(F)ccc2C)sc2ccccc21. The minimum Gasteiger partial charge on any atom is -0.480 e. The van der Waals surface area contributed by atoms with Gasteiger partial charge < -0.3 is 9.67 Å². The van der Waals surface area contributed by atoms with E-state index >= 15 is 0 Å². The number of carboxylic acid groups (broad SMARTS) is 1. The van der Waals surface area contributed by atoms with Gasteiger partial charge in [-0.15, -0.1) is 0 Å². The van der Waals surface area contributed by atoms with Gasteiger partial charge in [0.25, 0.3) is 5.91 Å². The molecule has 1 unspecified atom stereocenters. The van der Waals surface area contributed by atoms with Crippen LogP contribution in [0.2, 0.25) is 0 Å². The van der Waals surface area contributed by atoms with Crippen molar-refractivity contribution in [1.82, 2.24) is 4.57 Å². The molecule has 5 nitrogen and oxygen atoms in total. The Morgan fingerprint density at radius 3 is 2.69 bits per heavy atom. The van der Waals surface area contributed by atoms with Gasteiger partial charge in [-0.25, -0.2) is 9.18 Å². The van der Waals surface area contributed by atoms with Crippen molar-refractivity contribution in [3.8, 4) is 0 Å². The molecule has 0 aliphatic carbocycles. The number of hydrogen-bond acceptors (Lipinski definition) is 3. The fraction of sp³-hybridized carbons (Fsp3) is 0.211. The molecule has 0 bridgehead atoms. The average Bonchev–Trinajstić information content (AvgIpc) is 2.95. The summed E-state index contributed by atoms with van der Waals surface area (Å²) < 4.78 is 15.9. The van der Waals surface area contributed by atoms with Gasteiger partial charge in [-0.1, -0.05) is 36.5 Å². The Bertz CT molecular complexity index is 1070. The Morgan fingerprint density at radius 2 is 2.00 bits per heavy atom. The van der Waals surface area contributed by atoms with Crippen LogP contribution in [-0.2, 0) is 4.79 Å². The molecule has 0 saturated heterocycles. The number of rotatable bonds is 4. The van der Waals surface area contributed by atoms with Crippen molar-refractivity contribution in [2.24, 2.45) is 4.99 Å². The highest BCUT2D eigenvalue weighted by atomic mass is 32.1. The molecule has 0 spiro atoms. The number of thiazole rings is 1. The summed E-state index contributed by atoms with van der Waals surface area (Å²) in [6.45, 7) is 3.47. The van der Waals surface area contributed by atoms with E-state index in [4.69, 9.17) is 0 Å². The molecule has 1 N–H and O–H groups in total. The second-order valence-electron chi connectivity index (χ2n) is 5.86. The van der Waals surface area contributed by atoms with Gasteiger partial charge in [0.2, 0.25) is 0 Å². The first-order valence-electron chi connectivity index (χ1n) is 8.10. The largest absolute Gasteiger partial charge is 0.480 e. The van der Waals surface area contributed by atoms with Crippen LogP contribution in [0.1, 0.15) is 35.3 Å². The zero-order chi connectivity index (χ0) is 18.8. The Balaban J connectivity index is 2.24. The van der Waals surface area contributed by atoms with Crippen molar-refractivity contribution in [1.29, 1.82) is 0 Å². The van der Waals surface area contributed by atoms with E-state index in [9.17, 15) is 19.1 Å². The second-order valence-corrected chi connectivity index (χ2v) is 6.87.